The summed E-state index contributed by atoms with van der Waals surface area (Å²) in [6.45, 7) is 1.43. The average molecular weight is 574 g/mol. The number of allylic oxidation sites excluding steroid dienone is 2. The van der Waals surface area contributed by atoms with Crippen LogP contribution in [0.2, 0.25) is 5.02 Å². The molecule has 0 aliphatic rings. The summed E-state index contributed by atoms with van der Waals surface area (Å²) in [6, 6.07) is 20.2. The Hall–Kier alpha value is -4.69. The van der Waals surface area contributed by atoms with Crippen molar-refractivity contribution in [2.24, 2.45) is 0 Å². The van der Waals surface area contributed by atoms with E-state index in [1.807, 2.05) is 30.3 Å². The highest BCUT2D eigenvalue weighted by molar-refractivity contribution is 6.31. The first-order valence-corrected chi connectivity index (χ1v) is 13.2. The number of anilines is 1. The minimum atomic E-state index is -0.703. The molecular weight excluding hydrogens is 542 g/mol. The van der Waals surface area contributed by atoms with Crippen LogP contribution in [-0.2, 0) is 20.7 Å². The number of aldehydes is 1. The van der Waals surface area contributed by atoms with Crippen LogP contribution in [0.25, 0.3) is 5.57 Å². The van der Waals surface area contributed by atoms with E-state index < -0.39 is 6.04 Å². The maximum atomic E-state index is 13.6. The quantitative estimate of drug-likeness (QED) is 0.102. The van der Waals surface area contributed by atoms with Gasteiger partial charge in [0.1, 0.15) is 18.1 Å². The molecule has 1 atom stereocenters. The highest BCUT2D eigenvalue weighted by Gasteiger charge is 2.25. The van der Waals surface area contributed by atoms with E-state index in [1.165, 1.54) is 20.1 Å². The molecule has 212 valence electrons. The van der Waals surface area contributed by atoms with Crippen molar-refractivity contribution >= 4 is 46.7 Å². The zero-order chi connectivity index (χ0) is 29.9. The normalized spacial score (nSPS) is 12.2. The van der Waals surface area contributed by atoms with Crippen molar-refractivity contribution in [2.75, 3.05) is 26.5 Å². The van der Waals surface area contributed by atoms with Crippen LogP contribution in [0.3, 0.4) is 0 Å². The molecule has 8 nitrogen and oxygen atoms in total. The van der Waals surface area contributed by atoms with Crippen molar-refractivity contribution in [3.63, 3.8) is 0 Å². The molecule has 2 N–H and O–H groups in total. The van der Waals surface area contributed by atoms with Gasteiger partial charge in [-0.25, -0.2) is 0 Å². The van der Waals surface area contributed by atoms with Gasteiger partial charge in [-0.05, 0) is 66.6 Å². The van der Waals surface area contributed by atoms with Crippen molar-refractivity contribution in [3.05, 3.63) is 118 Å². The topological polar surface area (TPSA) is 105 Å². The van der Waals surface area contributed by atoms with Crippen molar-refractivity contribution in [1.82, 2.24) is 10.2 Å². The molecule has 0 fully saturated rings. The van der Waals surface area contributed by atoms with Crippen LogP contribution in [0.15, 0.2) is 90.8 Å². The van der Waals surface area contributed by atoms with E-state index >= 15 is 0 Å². The van der Waals surface area contributed by atoms with Gasteiger partial charge in [0, 0.05) is 54.1 Å². The standard InChI is InChI=1S/C32H32ClN3O5/c1-21(38)26-15-12-24(33)19-28(26)27(16-17-37)30(41-4)20-36(3)29(18-22-8-6-5-7-9-22)32(40)35-25-13-10-23(11-14-25)31(39)34-2/h5-17,19-20,29H,18H2,1-4H3,(H,34,39)(H,35,40)/b27-16-,30-20+. The summed E-state index contributed by atoms with van der Waals surface area (Å²) in [5.41, 5.74) is 3.06. The highest BCUT2D eigenvalue weighted by Crippen LogP contribution is 2.30. The number of Topliss-reactive ketones (excluding diaryl/α,β-unsaturated/α-hetero) is 1. The smallest absolute Gasteiger partial charge is 0.251 e. The number of likely N-dealkylation sites (N-methyl/N-ethyl adjacent to an activating group) is 1. The third kappa shape index (κ3) is 8.16. The van der Waals surface area contributed by atoms with Crippen molar-refractivity contribution in [1.29, 1.82) is 0 Å². The van der Waals surface area contributed by atoms with Crippen LogP contribution in [0.5, 0.6) is 0 Å². The Morgan fingerprint density at radius 1 is 1.00 bits per heavy atom. The summed E-state index contributed by atoms with van der Waals surface area (Å²) in [5.74, 6) is -0.483. The number of ether oxygens (including phenoxy) is 1. The summed E-state index contributed by atoms with van der Waals surface area (Å²) in [6.07, 6.45) is 3.86. The summed E-state index contributed by atoms with van der Waals surface area (Å²) < 4.78 is 5.68. The molecule has 0 aliphatic carbocycles. The molecule has 9 heteroatoms. The molecule has 0 bridgehead atoms. The van der Waals surface area contributed by atoms with Gasteiger partial charge in [-0.15, -0.1) is 0 Å². The fraction of sp³-hybridized carbons (Fsp3) is 0.188. The zero-order valence-corrected chi connectivity index (χ0v) is 24.1. The number of amides is 2. The summed E-state index contributed by atoms with van der Waals surface area (Å²) >= 11 is 6.24. The molecule has 3 aromatic carbocycles. The number of carbonyl (C=O) groups excluding carboxylic acids is 4. The number of nitrogens with zero attached hydrogens (tertiary/aromatic N) is 1. The molecule has 1 unspecified atom stereocenters. The van der Waals surface area contributed by atoms with Crippen LogP contribution >= 0.6 is 11.6 Å². The van der Waals surface area contributed by atoms with Gasteiger partial charge < -0.3 is 20.3 Å². The van der Waals surface area contributed by atoms with Crippen LogP contribution in [0.1, 0.15) is 38.8 Å². The molecule has 0 aromatic heterocycles. The Balaban J connectivity index is 2.00. The fourth-order valence-electron chi connectivity index (χ4n) is 4.26. The minimum absolute atomic E-state index is 0.207. The van der Waals surface area contributed by atoms with Crippen molar-refractivity contribution in [3.8, 4) is 0 Å². The Morgan fingerprint density at radius 3 is 2.27 bits per heavy atom. The molecule has 0 saturated carbocycles. The second-order valence-electron chi connectivity index (χ2n) is 9.18. The van der Waals surface area contributed by atoms with E-state index in [-0.39, 0.29) is 23.4 Å². The Bertz CT molecular complexity index is 1470. The molecule has 0 saturated heterocycles. The second-order valence-corrected chi connectivity index (χ2v) is 9.61. The number of carbonyl (C=O) groups is 4. The van der Waals surface area contributed by atoms with Gasteiger partial charge in [-0.3, -0.25) is 19.2 Å². The Morgan fingerprint density at radius 2 is 1.68 bits per heavy atom. The lowest BCUT2D eigenvalue weighted by molar-refractivity contribution is -0.120. The lowest BCUT2D eigenvalue weighted by Crippen LogP contribution is -2.41. The number of hydrogen-bond donors (Lipinski definition) is 2. The third-order valence-corrected chi connectivity index (χ3v) is 6.63. The van der Waals surface area contributed by atoms with Crippen LogP contribution in [0, 0.1) is 0 Å². The van der Waals surface area contributed by atoms with Gasteiger partial charge in [0.25, 0.3) is 5.91 Å². The molecule has 3 aromatic rings. The summed E-state index contributed by atoms with van der Waals surface area (Å²) in [4.78, 5) is 51.2. The number of rotatable bonds is 12. The lowest BCUT2D eigenvalue weighted by atomic mass is 9.95. The first kappa shape index (κ1) is 30.8. The van der Waals surface area contributed by atoms with Gasteiger partial charge in [0.05, 0.1) is 7.11 Å². The highest BCUT2D eigenvalue weighted by atomic mass is 35.5. The third-order valence-electron chi connectivity index (χ3n) is 6.40. The predicted molar refractivity (Wildman–Crippen MR) is 161 cm³/mol. The van der Waals surface area contributed by atoms with Gasteiger partial charge >= 0.3 is 0 Å². The van der Waals surface area contributed by atoms with Crippen LogP contribution < -0.4 is 10.6 Å². The summed E-state index contributed by atoms with van der Waals surface area (Å²) in [5, 5.41) is 5.87. The molecule has 0 aliphatic heterocycles. The van der Waals surface area contributed by atoms with Gasteiger partial charge in [0.15, 0.2) is 5.78 Å². The van der Waals surface area contributed by atoms with Gasteiger partial charge in [-0.2, -0.15) is 0 Å². The van der Waals surface area contributed by atoms with E-state index in [1.54, 1.807) is 67.7 Å². The van der Waals surface area contributed by atoms with E-state index in [0.717, 1.165) is 5.56 Å². The maximum absolute atomic E-state index is 13.6. The number of nitrogens with one attached hydrogen (secondary N) is 2. The largest absolute Gasteiger partial charge is 0.495 e. The molecule has 0 spiro atoms. The van der Waals surface area contributed by atoms with E-state index in [9.17, 15) is 19.2 Å². The number of ketones is 1. The maximum Gasteiger partial charge on any atom is 0.251 e. The van der Waals surface area contributed by atoms with Crippen LogP contribution in [0.4, 0.5) is 5.69 Å². The Labute approximate surface area is 244 Å². The lowest BCUT2D eigenvalue weighted by Gasteiger charge is -2.27. The van der Waals surface area contributed by atoms with E-state index in [0.29, 0.717) is 45.7 Å². The van der Waals surface area contributed by atoms with E-state index in [4.69, 9.17) is 16.3 Å². The SMILES string of the molecule is CNC(=O)c1ccc(NC(=O)C(Cc2ccccc2)N(C)/C=C(OC)\C(=C/C=O)c2cc(Cl)ccc2C(C)=O)cc1. The number of halogens is 1. The van der Waals surface area contributed by atoms with Gasteiger partial charge in [0.2, 0.25) is 5.91 Å². The first-order chi connectivity index (χ1) is 19.7. The zero-order valence-electron chi connectivity index (χ0n) is 23.3. The van der Waals surface area contributed by atoms with Crippen LogP contribution in [-0.4, -0.2) is 56.0 Å². The fourth-order valence-corrected chi connectivity index (χ4v) is 4.43. The number of methoxy groups -OCH3 is 1. The van der Waals surface area contributed by atoms with Crippen molar-refractivity contribution < 1.29 is 23.9 Å². The van der Waals surface area contributed by atoms with Crippen molar-refractivity contribution in [2.45, 2.75) is 19.4 Å². The predicted octanol–water partition coefficient (Wildman–Crippen LogP) is 5.15. The Kier molecular flexibility index (Phi) is 11.0. The number of hydrogen-bond acceptors (Lipinski definition) is 6. The first-order valence-electron chi connectivity index (χ1n) is 12.8. The van der Waals surface area contributed by atoms with E-state index in [2.05, 4.69) is 10.6 Å². The minimum Gasteiger partial charge on any atom is -0.495 e. The molecule has 41 heavy (non-hydrogen) atoms. The summed E-state index contributed by atoms with van der Waals surface area (Å²) in [7, 11) is 4.71. The molecule has 0 radical (unpaired) electrons. The molecule has 3 rings (SSSR count). The monoisotopic (exact) mass is 573 g/mol. The molecule has 0 heterocycles. The second kappa shape index (κ2) is 14.6. The average Bonchev–Trinajstić information content (AvgIpc) is 2.97. The molecule has 2 amide bonds. The number of benzene rings is 3. The van der Waals surface area contributed by atoms with Gasteiger partial charge in [-0.1, -0.05) is 41.9 Å². The molecular formula is C32H32ClN3O5.